The molecule has 0 aromatic rings. The molecule has 1 rings (SSSR count). The van der Waals surface area contributed by atoms with Gasteiger partial charge in [0.2, 0.25) is 0 Å². The maximum absolute atomic E-state index is 10.3. The molecule has 0 saturated heterocycles. The molecule has 0 amide bonds. The lowest BCUT2D eigenvalue weighted by Gasteiger charge is -1.95. The van der Waals surface area contributed by atoms with Crippen LogP contribution in [0.3, 0.4) is 0 Å². The van der Waals surface area contributed by atoms with Crippen LogP contribution in [0.15, 0.2) is 0 Å². The summed E-state index contributed by atoms with van der Waals surface area (Å²) in [7, 11) is 0. The van der Waals surface area contributed by atoms with E-state index in [1.54, 1.807) is 0 Å². The van der Waals surface area contributed by atoms with E-state index >= 15 is 0 Å². The van der Waals surface area contributed by atoms with Crippen molar-refractivity contribution in [2.24, 2.45) is 0 Å². The van der Waals surface area contributed by atoms with Crippen molar-refractivity contribution in [3.63, 3.8) is 0 Å². The lowest BCUT2D eigenvalue weighted by molar-refractivity contribution is -0.141. The molecule has 1 aliphatic rings. The van der Waals surface area contributed by atoms with E-state index < -0.39 is 0 Å². The van der Waals surface area contributed by atoms with Crippen LogP contribution in [0, 0.1) is 0 Å². The summed E-state index contributed by atoms with van der Waals surface area (Å²) >= 11 is 5.15. The lowest BCUT2D eigenvalue weighted by atomic mass is 10.7. The van der Waals surface area contributed by atoms with E-state index in [4.69, 9.17) is 16.3 Å². The zero-order valence-electron chi connectivity index (χ0n) is 4.39. The molecule has 0 aromatic carbocycles. The summed E-state index contributed by atoms with van der Waals surface area (Å²) in [6.45, 7) is 0. The third-order valence-corrected chi connectivity index (χ3v) is 1.15. The van der Waals surface area contributed by atoms with Crippen LogP contribution in [0.25, 0.3) is 0 Å². The van der Waals surface area contributed by atoms with E-state index in [2.05, 4.69) is 0 Å². The summed E-state index contributed by atoms with van der Waals surface area (Å²) in [5.74, 6) is -0.314. The van der Waals surface area contributed by atoms with E-state index in [1.807, 2.05) is 0 Å². The minimum Gasteiger partial charge on any atom is -0.461 e. The molecule has 0 unspecified atom stereocenters. The number of rotatable bonds is 2. The van der Waals surface area contributed by atoms with Gasteiger partial charge >= 0.3 is 5.97 Å². The van der Waals surface area contributed by atoms with Gasteiger partial charge in [-0.05, 0) is 12.8 Å². The number of esters is 1. The number of hydrogen-bond donors (Lipinski definition) is 0. The first-order chi connectivity index (χ1) is 3.83. The van der Waals surface area contributed by atoms with Gasteiger partial charge in [-0.25, -0.2) is 0 Å². The van der Waals surface area contributed by atoms with Gasteiger partial charge in [0.1, 0.15) is 12.0 Å². The van der Waals surface area contributed by atoms with E-state index in [0.29, 0.717) is 0 Å². The average molecular weight is 135 g/mol. The van der Waals surface area contributed by atoms with Crippen LogP contribution in [0.5, 0.6) is 0 Å². The topological polar surface area (TPSA) is 26.3 Å². The van der Waals surface area contributed by atoms with Crippen LogP contribution in [0.4, 0.5) is 0 Å². The molecule has 1 fully saturated rings. The first kappa shape index (κ1) is 5.89. The minimum absolute atomic E-state index is 0.0174. The second kappa shape index (κ2) is 2.35. The molecule has 0 bridgehead atoms. The van der Waals surface area contributed by atoms with E-state index in [1.165, 1.54) is 0 Å². The quantitative estimate of drug-likeness (QED) is 0.415. The van der Waals surface area contributed by atoms with Crippen molar-refractivity contribution in [1.82, 2.24) is 0 Å². The predicted molar refractivity (Wildman–Crippen MR) is 29.8 cm³/mol. The number of halogens is 1. The molecule has 0 heterocycles. The number of carbonyl (C=O) groups excluding carboxylic acids is 1. The SMILES string of the molecule is O=C(CCl)OC1CC1. The Balaban J connectivity index is 2.07. The molecule has 0 aromatic heterocycles. The van der Waals surface area contributed by atoms with Crippen LogP contribution in [-0.2, 0) is 9.53 Å². The van der Waals surface area contributed by atoms with Crippen LogP contribution >= 0.6 is 11.6 Å². The predicted octanol–water partition coefficient (Wildman–Crippen LogP) is 0.931. The third kappa shape index (κ3) is 1.70. The number of carbonyl (C=O) groups is 1. The van der Waals surface area contributed by atoms with E-state index in [0.717, 1.165) is 12.8 Å². The molecule has 1 saturated carbocycles. The Hall–Kier alpha value is -0.240. The average Bonchev–Trinajstić information content (AvgIpc) is 2.50. The second-order valence-corrected chi connectivity index (χ2v) is 2.09. The standard InChI is InChI=1S/C5H7ClO2/c6-3-5(7)8-4-1-2-4/h4H,1-3H2. The van der Waals surface area contributed by atoms with Crippen LogP contribution < -0.4 is 0 Å². The van der Waals surface area contributed by atoms with Gasteiger partial charge in [0.05, 0.1) is 0 Å². The third-order valence-electron chi connectivity index (χ3n) is 0.932. The summed E-state index contributed by atoms with van der Waals surface area (Å²) in [5.41, 5.74) is 0. The number of ether oxygens (including phenoxy) is 1. The Morgan fingerprint density at radius 2 is 2.38 bits per heavy atom. The highest BCUT2D eigenvalue weighted by atomic mass is 35.5. The van der Waals surface area contributed by atoms with Crippen molar-refractivity contribution in [2.75, 3.05) is 5.88 Å². The van der Waals surface area contributed by atoms with Gasteiger partial charge in [0, 0.05) is 0 Å². The van der Waals surface area contributed by atoms with Gasteiger partial charge in [-0.1, -0.05) is 0 Å². The maximum Gasteiger partial charge on any atom is 0.321 e. The minimum atomic E-state index is -0.297. The van der Waals surface area contributed by atoms with Gasteiger partial charge < -0.3 is 4.74 Å². The van der Waals surface area contributed by atoms with Crippen LogP contribution in [-0.4, -0.2) is 18.0 Å². The second-order valence-electron chi connectivity index (χ2n) is 1.82. The van der Waals surface area contributed by atoms with Crippen molar-refractivity contribution < 1.29 is 9.53 Å². The lowest BCUT2D eigenvalue weighted by Crippen LogP contribution is -2.06. The highest BCUT2D eigenvalue weighted by molar-refractivity contribution is 6.26. The van der Waals surface area contributed by atoms with Crippen molar-refractivity contribution in [1.29, 1.82) is 0 Å². The Morgan fingerprint density at radius 1 is 1.75 bits per heavy atom. The molecule has 2 nitrogen and oxygen atoms in total. The number of hydrogen-bond acceptors (Lipinski definition) is 2. The molecule has 0 N–H and O–H groups in total. The molecular formula is C5H7ClO2. The molecule has 0 radical (unpaired) electrons. The van der Waals surface area contributed by atoms with Gasteiger partial charge in [-0.3, -0.25) is 4.79 Å². The molecule has 3 heteroatoms. The largest absolute Gasteiger partial charge is 0.461 e. The smallest absolute Gasteiger partial charge is 0.321 e. The summed E-state index contributed by atoms with van der Waals surface area (Å²) < 4.78 is 4.74. The molecule has 1 aliphatic carbocycles. The van der Waals surface area contributed by atoms with Crippen molar-refractivity contribution in [2.45, 2.75) is 18.9 Å². The molecule has 0 atom stereocenters. The van der Waals surface area contributed by atoms with Crippen LogP contribution in [0.2, 0.25) is 0 Å². The van der Waals surface area contributed by atoms with E-state index in [-0.39, 0.29) is 18.0 Å². The van der Waals surface area contributed by atoms with Crippen molar-refractivity contribution in [3.8, 4) is 0 Å². The Morgan fingerprint density at radius 3 is 2.75 bits per heavy atom. The van der Waals surface area contributed by atoms with Gasteiger partial charge in [0.25, 0.3) is 0 Å². The zero-order chi connectivity index (χ0) is 5.98. The Bertz CT molecular complexity index is 98.6. The zero-order valence-corrected chi connectivity index (χ0v) is 5.15. The first-order valence-electron chi connectivity index (χ1n) is 2.58. The first-order valence-corrected chi connectivity index (χ1v) is 3.12. The van der Waals surface area contributed by atoms with Gasteiger partial charge in [-0.15, -0.1) is 11.6 Å². The summed E-state index contributed by atoms with van der Waals surface area (Å²) in [6, 6.07) is 0. The molecular weight excluding hydrogens is 128 g/mol. The van der Waals surface area contributed by atoms with Gasteiger partial charge in [0.15, 0.2) is 0 Å². The Labute approximate surface area is 52.8 Å². The normalized spacial score (nSPS) is 18.1. The van der Waals surface area contributed by atoms with E-state index in [9.17, 15) is 4.79 Å². The summed E-state index contributed by atoms with van der Waals surface area (Å²) in [6.07, 6.45) is 2.23. The molecule has 0 spiro atoms. The fourth-order valence-electron chi connectivity index (χ4n) is 0.403. The fourth-order valence-corrected chi connectivity index (χ4v) is 0.466. The summed E-state index contributed by atoms with van der Waals surface area (Å²) in [5, 5.41) is 0. The molecule has 0 aliphatic heterocycles. The number of alkyl halides is 1. The highest BCUT2D eigenvalue weighted by Crippen LogP contribution is 2.23. The Kier molecular flexibility index (Phi) is 1.73. The molecule has 8 heavy (non-hydrogen) atoms. The molecule has 46 valence electrons. The highest BCUT2D eigenvalue weighted by Gasteiger charge is 2.25. The summed E-state index contributed by atoms with van der Waals surface area (Å²) in [4.78, 5) is 10.3. The van der Waals surface area contributed by atoms with Gasteiger partial charge in [-0.2, -0.15) is 0 Å². The van der Waals surface area contributed by atoms with Crippen molar-refractivity contribution >= 4 is 17.6 Å². The van der Waals surface area contributed by atoms with Crippen LogP contribution in [0.1, 0.15) is 12.8 Å². The maximum atomic E-state index is 10.3. The fraction of sp³-hybridized carbons (Fsp3) is 0.800. The van der Waals surface area contributed by atoms with Crippen molar-refractivity contribution in [3.05, 3.63) is 0 Å². The monoisotopic (exact) mass is 134 g/mol.